The SMILES string of the molecule is CN(C)CC(=O)NC[C@@H]1CCC[C@H](NC(=O)c2ccc(-c3cccc(F)c3)nc2)C1. The van der Waals surface area contributed by atoms with E-state index in [0.717, 1.165) is 25.7 Å². The molecule has 1 aromatic carbocycles. The Morgan fingerprint density at radius 2 is 2.03 bits per heavy atom. The molecule has 7 heteroatoms. The molecule has 1 fully saturated rings. The van der Waals surface area contributed by atoms with Gasteiger partial charge in [0.2, 0.25) is 5.91 Å². The summed E-state index contributed by atoms with van der Waals surface area (Å²) in [6.45, 7) is 1.02. The van der Waals surface area contributed by atoms with Gasteiger partial charge in [0.25, 0.3) is 5.91 Å². The normalized spacial score (nSPS) is 18.8. The number of aromatic nitrogens is 1. The average molecular weight is 413 g/mol. The highest BCUT2D eigenvalue weighted by Crippen LogP contribution is 2.24. The van der Waals surface area contributed by atoms with Crippen LogP contribution in [0.3, 0.4) is 0 Å². The van der Waals surface area contributed by atoms with Gasteiger partial charge in [0.1, 0.15) is 5.82 Å². The van der Waals surface area contributed by atoms with Crippen molar-refractivity contribution in [3.63, 3.8) is 0 Å². The lowest BCUT2D eigenvalue weighted by Crippen LogP contribution is -2.42. The number of hydrogen-bond donors (Lipinski definition) is 2. The van der Waals surface area contributed by atoms with E-state index in [1.165, 1.54) is 18.3 Å². The quantitative estimate of drug-likeness (QED) is 0.733. The lowest BCUT2D eigenvalue weighted by Gasteiger charge is -2.30. The molecule has 0 saturated heterocycles. The molecule has 160 valence electrons. The van der Waals surface area contributed by atoms with Gasteiger partial charge in [-0.1, -0.05) is 18.6 Å². The number of halogens is 1. The molecule has 1 aliphatic rings. The van der Waals surface area contributed by atoms with Crippen LogP contribution in [0.4, 0.5) is 4.39 Å². The molecule has 1 aliphatic carbocycles. The van der Waals surface area contributed by atoms with Crippen molar-refractivity contribution >= 4 is 11.8 Å². The van der Waals surface area contributed by atoms with E-state index in [4.69, 9.17) is 0 Å². The number of rotatable bonds is 7. The molecule has 1 saturated carbocycles. The molecular weight excluding hydrogens is 383 g/mol. The highest BCUT2D eigenvalue weighted by atomic mass is 19.1. The highest BCUT2D eigenvalue weighted by Gasteiger charge is 2.24. The third-order valence-electron chi connectivity index (χ3n) is 5.31. The second-order valence-corrected chi connectivity index (χ2v) is 8.19. The molecule has 30 heavy (non-hydrogen) atoms. The van der Waals surface area contributed by atoms with Crippen molar-refractivity contribution in [3.8, 4) is 11.3 Å². The van der Waals surface area contributed by atoms with Crippen LogP contribution in [-0.4, -0.2) is 54.9 Å². The summed E-state index contributed by atoms with van der Waals surface area (Å²) in [5, 5.41) is 6.08. The number of carbonyl (C=O) groups excluding carboxylic acids is 2. The van der Waals surface area contributed by atoms with Crippen LogP contribution in [0, 0.1) is 11.7 Å². The minimum absolute atomic E-state index is 0.0237. The Labute approximate surface area is 176 Å². The first-order valence-electron chi connectivity index (χ1n) is 10.3. The average Bonchev–Trinajstić information content (AvgIpc) is 2.72. The number of nitrogens with zero attached hydrogens (tertiary/aromatic N) is 2. The molecule has 0 unspecified atom stereocenters. The second-order valence-electron chi connectivity index (χ2n) is 8.19. The zero-order chi connectivity index (χ0) is 21.5. The fourth-order valence-corrected chi connectivity index (χ4v) is 3.82. The van der Waals surface area contributed by atoms with Crippen LogP contribution < -0.4 is 10.6 Å². The first-order chi connectivity index (χ1) is 14.4. The van der Waals surface area contributed by atoms with Crippen LogP contribution in [0.5, 0.6) is 0 Å². The largest absolute Gasteiger partial charge is 0.355 e. The third-order valence-corrected chi connectivity index (χ3v) is 5.31. The number of amides is 2. The summed E-state index contributed by atoms with van der Waals surface area (Å²) in [7, 11) is 3.73. The summed E-state index contributed by atoms with van der Waals surface area (Å²) in [5.41, 5.74) is 1.78. The molecule has 2 N–H and O–H groups in total. The molecule has 0 spiro atoms. The van der Waals surface area contributed by atoms with E-state index in [-0.39, 0.29) is 23.7 Å². The van der Waals surface area contributed by atoms with Gasteiger partial charge >= 0.3 is 0 Å². The molecule has 6 nitrogen and oxygen atoms in total. The molecular formula is C23H29FN4O2. The zero-order valence-electron chi connectivity index (χ0n) is 17.5. The predicted molar refractivity (Wildman–Crippen MR) is 114 cm³/mol. The van der Waals surface area contributed by atoms with Crippen LogP contribution in [0.25, 0.3) is 11.3 Å². The molecule has 1 heterocycles. The molecule has 2 amide bonds. The van der Waals surface area contributed by atoms with E-state index in [1.54, 1.807) is 24.3 Å². The smallest absolute Gasteiger partial charge is 0.253 e. The Balaban J connectivity index is 1.52. The predicted octanol–water partition coefficient (Wildman–Crippen LogP) is 2.85. The minimum Gasteiger partial charge on any atom is -0.355 e. The summed E-state index contributed by atoms with van der Waals surface area (Å²) in [4.78, 5) is 30.6. The number of nitrogens with one attached hydrogen (secondary N) is 2. The summed E-state index contributed by atoms with van der Waals surface area (Å²) in [5.74, 6) is -0.0873. The van der Waals surface area contributed by atoms with Crippen LogP contribution >= 0.6 is 0 Å². The topological polar surface area (TPSA) is 74.3 Å². The fourth-order valence-electron chi connectivity index (χ4n) is 3.82. The number of hydrogen-bond acceptors (Lipinski definition) is 4. The monoisotopic (exact) mass is 412 g/mol. The lowest BCUT2D eigenvalue weighted by molar-refractivity contribution is -0.121. The van der Waals surface area contributed by atoms with Crippen LogP contribution in [0.1, 0.15) is 36.0 Å². The van der Waals surface area contributed by atoms with Gasteiger partial charge in [0.15, 0.2) is 0 Å². The van der Waals surface area contributed by atoms with Crippen LogP contribution in [0.2, 0.25) is 0 Å². The van der Waals surface area contributed by atoms with Gasteiger partial charge in [-0.15, -0.1) is 0 Å². The zero-order valence-corrected chi connectivity index (χ0v) is 17.5. The van der Waals surface area contributed by atoms with Crippen molar-refractivity contribution in [2.45, 2.75) is 31.7 Å². The third kappa shape index (κ3) is 6.35. The van der Waals surface area contributed by atoms with Crippen molar-refractivity contribution in [1.29, 1.82) is 0 Å². The van der Waals surface area contributed by atoms with E-state index in [9.17, 15) is 14.0 Å². The van der Waals surface area contributed by atoms with Gasteiger partial charge in [0, 0.05) is 24.3 Å². The number of carbonyl (C=O) groups is 2. The molecule has 3 rings (SSSR count). The van der Waals surface area contributed by atoms with Gasteiger partial charge in [-0.05, 0) is 63.5 Å². The summed E-state index contributed by atoms with van der Waals surface area (Å²) in [6, 6.07) is 9.75. The molecule has 1 aromatic heterocycles. The maximum absolute atomic E-state index is 13.4. The van der Waals surface area contributed by atoms with Crippen LogP contribution in [-0.2, 0) is 4.79 Å². The highest BCUT2D eigenvalue weighted by molar-refractivity contribution is 5.94. The van der Waals surface area contributed by atoms with E-state index in [0.29, 0.717) is 35.8 Å². The summed E-state index contributed by atoms with van der Waals surface area (Å²) < 4.78 is 13.4. The Hall–Kier alpha value is -2.80. The Kier molecular flexibility index (Phi) is 7.52. The Morgan fingerprint density at radius 1 is 1.20 bits per heavy atom. The summed E-state index contributed by atoms with van der Waals surface area (Å²) in [6.07, 6.45) is 5.39. The van der Waals surface area contributed by atoms with Gasteiger partial charge in [-0.25, -0.2) is 4.39 Å². The number of benzene rings is 1. The lowest BCUT2D eigenvalue weighted by atomic mass is 9.85. The van der Waals surface area contributed by atoms with Crippen molar-refractivity contribution in [2.75, 3.05) is 27.2 Å². The Morgan fingerprint density at radius 3 is 2.73 bits per heavy atom. The second kappa shape index (κ2) is 10.3. The van der Waals surface area contributed by atoms with Gasteiger partial charge in [0.05, 0.1) is 17.8 Å². The molecule has 0 bridgehead atoms. The number of pyridine rings is 1. The maximum Gasteiger partial charge on any atom is 0.253 e. The Bertz CT molecular complexity index is 870. The van der Waals surface area contributed by atoms with Crippen molar-refractivity contribution in [1.82, 2.24) is 20.5 Å². The molecule has 2 atom stereocenters. The van der Waals surface area contributed by atoms with Crippen molar-refractivity contribution in [2.24, 2.45) is 5.92 Å². The van der Waals surface area contributed by atoms with Crippen molar-refractivity contribution < 1.29 is 14.0 Å². The van der Waals surface area contributed by atoms with Crippen LogP contribution in [0.15, 0.2) is 42.6 Å². The molecule has 2 aromatic rings. The maximum atomic E-state index is 13.4. The van der Waals surface area contributed by atoms with E-state index >= 15 is 0 Å². The first kappa shape index (κ1) is 21.9. The van der Waals surface area contributed by atoms with E-state index < -0.39 is 0 Å². The van der Waals surface area contributed by atoms with Crippen molar-refractivity contribution in [3.05, 3.63) is 54.0 Å². The number of likely N-dealkylation sites (N-methyl/N-ethyl adjacent to an activating group) is 1. The summed E-state index contributed by atoms with van der Waals surface area (Å²) >= 11 is 0. The van der Waals surface area contributed by atoms with Gasteiger partial charge < -0.3 is 15.5 Å². The first-order valence-corrected chi connectivity index (χ1v) is 10.3. The van der Waals surface area contributed by atoms with E-state index in [1.807, 2.05) is 19.0 Å². The van der Waals surface area contributed by atoms with Gasteiger partial charge in [-0.2, -0.15) is 0 Å². The minimum atomic E-state index is -0.319. The standard InChI is InChI=1S/C23H29FN4O2/c1-28(2)15-22(29)26-13-16-5-3-8-20(11-16)27-23(30)18-9-10-21(25-14-18)17-6-4-7-19(24)12-17/h4,6-7,9-10,12,14,16,20H,3,5,8,11,13,15H2,1-2H3,(H,26,29)(H,27,30)/t16-,20+/m1/s1. The van der Waals surface area contributed by atoms with Gasteiger partial charge in [-0.3, -0.25) is 14.6 Å². The van der Waals surface area contributed by atoms with E-state index in [2.05, 4.69) is 15.6 Å². The fraction of sp³-hybridized carbons (Fsp3) is 0.435. The molecule has 0 aliphatic heterocycles. The molecule has 0 radical (unpaired) electrons.